The van der Waals surface area contributed by atoms with Crippen LogP contribution < -0.4 is 0 Å². The number of Topliss-reactive ketones (excluding diaryl/α,β-unsaturated/α-hetero) is 1. The number of rotatable bonds is 6. The lowest BCUT2D eigenvalue weighted by Crippen LogP contribution is -2.37. The second-order valence-corrected chi connectivity index (χ2v) is 6.25. The molecule has 0 unspecified atom stereocenters. The normalized spacial score (nSPS) is 12.5. The smallest absolute Gasteiger partial charge is 0.212 e. The molecule has 0 radical (unpaired) electrons. The number of hydrogen-bond acceptors (Lipinski definition) is 4. The van der Waals surface area contributed by atoms with E-state index in [4.69, 9.17) is 4.74 Å². The van der Waals surface area contributed by atoms with Crippen LogP contribution in [0.2, 0.25) is 0 Å². The van der Waals surface area contributed by atoms with Crippen molar-refractivity contribution in [1.82, 2.24) is 14.8 Å². The van der Waals surface area contributed by atoms with E-state index in [0.717, 1.165) is 16.3 Å². The molecular weight excluding hydrogens is 314 g/mol. The highest BCUT2D eigenvalue weighted by atomic mass is 16.5. The van der Waals surface area contributed by atoms with Gasteiger partial charge in [0, 0.05) is 6.61 Å². The third-order valence-corrected chi connectivity index (χ3v) is 4.03. The molecule has 0 spiro atoms. The van der Waals surface area contributed by atoms with Gasteiger partial charge in [-0.3, -0.25) is 4.79 Å². The zero-order chi connectivity index (χ0) is 17.9. The number of aromatic nitrogens is 3. The van der Waals surface area contributed by atoms with Gasteiger partial charge < -0.3 is 4.74 Å². The average Bonchev–Trinajstić information content (AvgIpc) is 3.13. The van der Waals surface area contributed by atoms with E-state index < -0.39 is 5.60 Å². The Morgan fingerprint density at radius 1 is 1.20 bits per heavy atom. The number of carbonyl (C=O) groups is 1. The van der Waals surface area contributed by atoms with Gasteiger partial charge in [-0.25, -0.2) is 9.67 Å². The van der Waals surface area contributed by atoms with Gasteiger partial charge in [0.05, 0.1) is 0 Å². The molecule has 5 heteroatoms. The van der Waals surface area contributed by atoms with Gasteiger partial charge in [-0.2, -0.15) is 5.10 Å². The summed E-state index contributed by atoms with van der Waals surface area (Å²) in [7, 11) is 0. The second-order valence-electron chi connectivity index (χ2n) is 6.25. The zero-order valence-corrected chi connectivity index (χ0v) is 14.6. The molecule has 0 saturated carbocycles. The first-order valence-electron chi connectivity index (χ1n) is 8.25. The summed E-state index contributed by atoms with van der Waals surface area (Å²) in [6.07, 6.45) is 4.76. The molecule has 0 fully saturated rings. The molecule has 0 bridgehead atoms. The number of fused-ring (bicyclic) bond motifs is 1. The van der Waals surface area contributed by atoms with Crippen LogP contribution in [0.1, 0.15) is 26.3 Å². The number of ketones is 1. The molecule has 5 nitrogen and oxygen atoms in total. The lowest BCUT2D eigenvalue weighted by molar-refractivity contribution is -0.133. The fourth-order valence-corrected chi connectivity index (χ4v) is 2.76. The first-order chi connectivity index (χ1) is 12.0. The highest BCUT2D eigenvalue weighted by Gasteiger charge is 2.32. The zero-order valence-electron chi connectivity index (χ0n) is 14.6. The summed E-state index contributed by atoms with van der Waals surface area (Å²) in [5.74, 6) is -0.145. The maximum absolute atomic E-state index is 13.0. The Bertz CT molecular complexity index is 912. The molecule has 3 aromatic rings. The first kappa shape index (κ1) is 17.0. The van der Waals surface area contributed by atoms with Crippen LogP contribution in [0.3, 0.4) is 0 Å². The third kappa shape index (κ3) is 3.67. The van der Waals surface area contributed by atoms with E-state index in [-0.39, 0.29) is 5.78 Å². The van der Waals surface area contributed by atoms with Gasteiger partial charge in [-0.05, 0) is 49.2 Å². The molecule has 0 amide bonds. The lowest BCUT2D eigenvalue weighted by Gasteiger charge is -2.24. The van der Waals surface area contributed by atoms with Gasteiger partial charge in [0.2, 0.25) is 5.78 Å². The van der Waals surface area contributed by atoms with Gasteiger partial charge >= 0.3 is 0 Å². The van der Waals surface area contributed by atoms with Crippen molar-refractivity contribution in [3.8, 4) is 0 Å². The van der Waals surface area contributed by atoms with Crippen LogP contribution in [0, 0.1) is 0 Å². The number of nitrogens with zero attached hydrogens (tertiary/aromatic N) is 3. The fraction of sp³-hybridized carbons (Fsp3) is 0.250. The third-order valence-electron chi connectivity index (χ3n) is 4.03. The Balaban J connectivity index is 2.07. The SMILES string of the molecule is CCOC(C)(C)C(=O)/C(=C/c1ccc2ccccc2c1)n1cncn1. The summed E-state index contributed by atoms with van der Waals surface area (Å²) >= 11 is 0. The van der Waals surface area contributed by atoms with Crippen LogP contribution >= 0.6 is 0 Å². The maximum Gasteiger partial charge on any atom is 0.212 e. The molecule has 0 atom stereocenters. The molecule has 0 aliphatic carbocycles. The molecule has 25 heavy (non-hydrogen) atoms. The van der Waals surface area contributed by atoms with Gasteiger partial charge in [-0.1, -0.05) is 36.4 Å². The molecule has 128 valence electrons. The molecule has 1 heterocycles. The fourth-order valence-electron chi connectivity index (χ4n) is 2.76. The maximum atomic E-state index is 13.0. The highest BCUT2D eigenvalue weighted by Crippen LogP contribution is 2.23. The van der Waals surface area contributed by atoms with Crippen molar-refractivity contribution in [2.45, 2.75) is 26.4 Å². The van der Waals surface area contributed by atoms with Crippen LogP contribution in [0.5, 0.6) is 0 Å². The topological polar surface area (TPSA) is 57.0 Å². The summed E-state index contributed by atoms with van der Waals surface area (Å²) < 4.78 is 7.11. The highest BCUT2D eigenvalue weighted by molar-refractivity contribution is 6.23. The van der Waals surface area contributed by atoms with Gasteiger partial charge in [0.15, 0.2) is 0 Å². The minimum atomic E-state index is -0.941. The van der Waals surface area contributed by atoms with Gasteiger partial charge in [-0.15, -0.1) is 0 Å². The largest absolute Gasteiger partial charge is 0.368 e. The van der Waals surface area contributed by atoms with Crippen molar-refractivity contribution in [3.05, 3.63) is 60.7 Å². The molecule has 0 N–H and O–H groups in total. The molecule has 1 aromatic heterocycles. The standard InChI is InChI=1S/C20H21N3O2/c1-4-25-20(2,3)19(24)18(23-14-21-13-22-23)12-15-9-10-16-7-5-6-8-17(16)11-15/h5-14H,4H2,1-3H3/b18-12-. The molecule has 2 aromatic carbocycles. The number of hydrogen-bond donors (Lipinski definition) is 0. The first-order valence-corrected chi connectivity index (χ1v) is 8.25. The van der Waals surface area contributed by atoms with Crippen LogP contribution in [0.4, 0.5) is 0 Å². The Kier molecular flexibility index (Phi) is 4.76. The Morgan fingerprint density at radius 2 is 1.96 bits per heavy atom. The summed E-state index contributed by atoms with van der Waals surface area (Å²) in [5, 5.41) is 6.40. The molecule has 0 aliphatic heterocycles. The molecule has 3 rings (SSSR count). The van der Waals surface area contributed by atoms with Crippen molar-refractivity contribution in [2.24, 2.45) is 0 Å². The minimum Gasteiger partial charge on any atom is -0.368 e. The summed E-state index contributed by atoms with van der Waals surface area (Å²) in [5.41, 5.74) is 0.403. The van der Waals surface area contributed by atoms with E-state index in [1.54, 1.807) is 13.8 Å². The van der Waals surface area contributed by atoms with Crippen LogP contribution in [0.25, 0.3) is 22.5 Å². The van der Waals surface area contributed by atoms with E-state index in [1.165, 1.54) is 17.3 Å². The van der Waals surface area contributed by atoms with E-state index in [9.17, 15) is 4.79 Å². The molecule has 0 aliphatic rings. The van der Waals surface area contributed by atoms with E-state index in [1.807, 2.05) is 49.4 Å². The van der Waals surface area contributed by atoms with Crippen molar-refractivity contribution >= 4 is 28.3 Å². The van der Waals surface area contributed by atoms with E-state index >= 15 is 0 Å². The van der Waals surface area contributed by atoms with E-state index in [2.05, 4.69) is 16.1 Å². The van der Waals surface area contributed by atoms with Gasteiger partial charge in [0.1, 0.15) is 24.0 Å². The Labute approximate surface area is 147 Å². The number of carbonyl (C=O) groups excluding carboxylic acids is 1. The Morgan fingerprint density at radius 3 is 2.64 bits per heavy atom. The quantitative estimate of drug-likeness (QED) is 0.643. The van der Waals surface area contributed by atoms with E-state index in [0.29, 0.717) is 12.3 Å². The predicted molar refractivity (Wildman–Crippen MR) is 98.8 cm³/mol. The number of ether oxygens (including phenoxy) is 1. The van der Waals surface area contributed by atoms with Gasteiger partial charge in [0.25, 0.3) is 0 Å². The number of benzene rings is 2. The van der Waals surface area contributed by atoms with Crippen molar-refractivity contribution < 1.29 is 9.53 Å². The Hall–Kier alpha value is -2.79. The summed E-state index contributed by atoms with van der Waals surface area (Å²) in [6.45, 7) is 5.87. The van der Waals surface area contributed by atoms with Crippen LogP contribution in [0.15, 0.2) is 55.1 Å². The second kappa shape index (κ2) is 6.99. The average molecular weight is 335 g/mol. The minimum absolute atomic E-state index is 0.145. The predicted octanol–water partition coefficient (Wildman–Crippen LogP) is 3.81. The van der Waals surface area contributed by atoms with Crippen LogP contribution in [-0.4, -0.2) is 32.8 Å². The monoisotopic (exact) mass is 335 g/mol. The van der Waals surface area contributed by atoms with Crippen LogP contribution in [-0.2, 0) is 9.53 Å². The lowest BCUT2D eigenvalue weighted by atomic mass is 9.98. The molecule has 0 saturated heterocycles. The van der Waals surface area contributed by atoms with Crippen molar-refractivity contribution in [3.63, 3.8) is 0 Å². The van der Waals surface area contributed by atoms with Crippen molar-refractivity contribution in [1.29, 1.82) is 0 Å². The summed E-state index contributed by atoms with van der Waals surface area (Å²) in [6, 6.07) is 14.2. The molecular formula is C20H21N3O2. The summed E-state index contributed by atoms with van der Waals surface area (Å²) in [4.78, 5) is 17.0. The van der Waals surface area contributed by atoms with Crippen molar-refractivity contribution in [2.75, 3.05) is 6.61 Å².